The lowest BCUT2D eigenvalue weighted by molar-refractivity contribution is -0.145. The molecule has 0 saturated heterocycles. The summed E-state index contributed by atoms with van der Waals surface area (Å²) in [7, 11) is -4.74. The number of allylic oxidation sites excluding steroid dienone is 4. The first-order chi connectivity index (χ1) is 10.3. The van der Waals surface area contributed by atoms with Crippen LogP contribution in [0.25, 0.3) is 0 Å². The maximum Gasteiger partial charge on any atom is 0.333 e. The number of carbonyl (C=O) groups is 1. The standard InChI is InChI=1S/C13H15NO7S/c15-11-8-10(22(18,19)20)13(17)14(11)21-12(16)7-6-9-4-2-1-3-5-9/h2,4-5,8,15,17H,1,3,6-7H2,(H,18,19,20). The molecule has 0 aromatic carbocycles. The van der Waals surface area contributed by atoms with Crippen molar-refractivity contribution in [3.8, 4) is 11.8 Å². The van der Waals surface area contributed by atoms with Crippen molar-refractivity contribution in [1.29, 1.82) is 0 Å². The Balaban J connectivity index is 2.04. The normalized spacial score (nSPS) is 14.7. The van der Waals surface area contributed by atoms with Crippen molar-refractivity contribution in [2.24, 2.45) is 0 Å². The van der Waals surface area contributed by atoms with Gasteiger partial charge in [-0.05, 0) is 19.3 Å². The van der Waals surface area contributed by atoms with Crippen molar-refractivity contribution in [2.75, 3.05) is 0 Å². The van der Waals surface area contributed by atoms with Gasteiger partial charge in [0.25, 0.3) is 16.0 Å². The summed E-state index contributed by atoms with van der Waals surface area (Å²) >= 11 is 0. The molecule has 1 heterocycles. The molecule has 2 rings (SSSR count). The maximum absolute atomic E-state index is 11.7. The summed E-state index contributed by atoms with van der Waals surface area (Å²) in [5, 5.41) is 19.0. The van der Waals surface area contributed by atoms with Gasteiger partial charge in [-0.25, -0.2) is 4.79 Å². The summed E-state index contributed by atoms with van der Waals surface area (Å²) in [6, 6.07) is 0.574. The van der Waals surface area contributed by atoms with Gasteiger partial charge in [0.1, 0.15) is 0 Å². The molecule has 22 heavy (non-hydrogen) atoms. The van der Waals surface area contributed by atoms with Gasteiger partial charge in [0.2, 0.25) is 5.88 Å². The van der Waals surface area contributed by atoms with Crippen LogP contribution in [0.4, 0.5) is 0 Å². The van der Waals surface area contributed by atoms with E-state index in [2.05, 4.69) is 0 Å². The fourth-order valence-corrected chi connectivity index (χ4v) is 2.54. The molecule has 0 atom stereocenters. The summed E-state index contributed by atoms with van der Waals surface area (Å²) in [5.41, 5.74) is 0.975. The Bertz CT molecular complexity index is 743. The lowest BCUT2D eigenvalue weighted by Crippen LogP contribution is -2.19. The van der Waals surface area contributed by atoms with Crippen molar-refractivity contribution >= 4 is 16.1 Å². The maximum atomic E-state index is 11.7. The van der Waals surface area contributed by atoms with Gasteiger partial charge in [-0.15, -0.1) is 4.73 Å². The number of aromatic hydroxyl groups is 2. The quantitative estimate of drug-likeness (QED) is 0.692. The second-order valence-corrected chi connectivity index (χ2v) is 6.07. The number of nitrogens with zero attached hydrogens (tertiary/aromatic N) is 1. The number of aromatic nitrogens is 1. The van der Waals surface area contributed by atoms with Crippen molar-refractivity contribution in [3.05, 3.63) is 29.9 Å². The molecule has 3 N–H and O–H groups in total. The molecule has 8 nitrogen and oxygen atoms in total. The summed E-state index contributed by atoms with van der Waals surface area (Å²) in [6.07, 6.45) is 8.14. The Labute approximate surface area is 126 Å². The van der Waals surface area contributed by atoms with Crippen LogP contribution in [0.2, 0.25) is 0 Å². The van der Waals surface area contributed by atoms with Crippen LogP contribution >= 0.6 is 0 Å². The molecule has 0 saturated carbocycles. The zero-order valence-electron chi connectivity index (χ0n) is 11.5. The molecule has 1 aromatic heterocycles. The Kier molecular flexibility index (Phi) is 4.57. The van der Waals surface area contributed by atoms with Crippen molar-refractivity contribution < 1.29 is 32.8 Å². The molecule has 0 radical (unpaired) electrons. The van der Waals surface area contributed by atoms with E-state index >= 15 is 0 Å². The first-order valence-electron chi connectivity index (χ1n) is 6.47. The minimum atomic E-state index is -4.74. The fourth-order valence-electron chi connectivity index (χ4n) is 1.98. The molecule has 0 bridgehead atoms. The van der Waals surface area contributed by atoms with Crippen molar-refractivity contribution in [3.63, 3.8) is 0 Å². The summed E-state index contributed by atoms with van der Waals surface area (Å²) in [4.78, 5) is 15.4. The minimum Gasteiger partial charge on any atom is -0.492 e. The lowest BCUT2D eigenvalue weighted by Gasteiger charge is -2.08. The lowest BCUT2D eigenvalue weighted by atomic mass is 10.0. The molecule has 9 heteroatoms. The van der Waals surface area contributed by atoms with Gasteiger partial charge in [0, 0.05) is 6.07 Å². The van der Waals surface area contributed by atoms with E-state index in [1.54, 1.807) is 0 Å². The van der Waals surface area contributed by atoms with Crippen LogP contribution in [-0.4, -0.2) is 33.9 Å². The molecule has 0 spiro atoms. The molecule has 0 aliphatic heterocycles. The zero-order chi connectivity index (χ0) is 16.3. The first-order valence-corrected chi connectivity index (χ1v) is 7.91. The topological polar surface area (TPSA) is 126 Å². The van der Waals surface area contributed by atoms with E-state index in [0.29, 0.717) is 12.5 Å². The number of hydrogen-bond acceptors (Lipinski definition) is 6. The average Bonchev–Trinajstić information content (AvgIpc) is 2.74. The second-order valence-electron chi connectivity index (χ2n) is 4.68. The van der Waals surface area contributed by atoms with E-state index in [1.165, 1.54) is 0 Å². The summed E-state index contributed by atoms with van der Waals surface area (Å²) in [6.45, 7) is 0. The van der Waals surface area contributed by atoms with Crippen LogP contribution < -0.4 is 4.84 Å². The molecule has 0 fully saturated rings. The van der Waals surface area contributed by atoms with Crippen molar-refractivity contribution in [2.45, 2.75) is 30.6 Å². The van der Waals surface area contributed by atoms with Gasteiger partial charge in [0.05, 0.1) is 6.42 Å². The number of rotatable bonds is 5. The predicted molar refractivity (Wildman–Crippen MR) is 74.9 cm³/mol. The molecule has 120 valence electrons. The van der Waals surface area contributed by atoms with Crippen LogP contribution in [0.1, 0.15) is 25.7 Å². The van der Waals surface area contributed by atoms with Crippen molar-refractivity contribution in [1.82, 2.24) is 4.73 Å². The molecule has 1 aliphatic rings. The van der Waals surface area contributed by atoms with Gasteiger partial charge in [-0.2, -0.15) is 8.42 Å². The first kappa shape index (κ1) is 16.1. The van der Waals surface area contributed by atoms with E-state index in [0.717, 1.165) is 18.4 Å². The predicted octanol–water partition coefficient (Wildman–Crippen LogP) is 1.16. The average molecular weight is 329 g/mol. The summed E-state index contributed by atoms with van der Waals surface area (Å²) in [5.74, 6) is -2.68. The molecule has 1 aromatic rings. The summed E-state index contributed by atoms with van der Waals surface area (Å²) < 4.78 is 31.0. The van der Waals surface area contributed by atoms with Crippen LogP contribution in [0.15, 0.2) is 34.8 Å². The van der Waals surface area contributed by atoms with Gasteiger partial charge in [0.15, 0.2) is 4.90 Å². The van der Waals surface area contributed by atoms with Crippen LogP contribution in [0.5, 0.6) is 11.8 Å². The van der Waals surface area contributed by atoms with E-state index in [1.807, 2.05) is 18.2 Å². The number of hydrogen-bond donors (Lipinski definition) is 3. The molecular formula is C13H15NO7S. The largest absolute Gasteiger partial charge is 0.492 e. The Hall–Kier alpha value is -2.26. The van der Waals surface area contributed by atoms with E-state index < -0.39 is 32.7 Å². The third-order valence-corrected chi connectivity index (χ3v) is 3.90. The molecule has 0 unspecified atom stereocenters. The third-order valence-electron chi connectivity index (χ3n) is 3.04. The highest BCUT2D eigenvalue weighted by Crippen LogP contribution is 2.30. The third kappa shape index (κ3) is 3.68. The highest BCUT2D eigenvalue weighted by molar-refractivity contribution is 7.86. The highest BCUT2D eigenvalue weighted by Gasteiger charge is 2.25. The molecular weight excluding hydrogens is 314 g/mol. The van der Waals surface area contributed by atoms with Gasteiger partial charge in [-0.1, -0.05) is 23.8 Å². The molecule has 0 amide bonds. The second kappa shape index (κ2) is 6.24. The Morgan fingerprint density at radius 1 is 1.32 bits per heavy atom. The SMILES string of the molecule is O=C(CCC1=CCCC=C1)On1c(O)cc(S(=O)(=O)O)c1O. The smallest absolute Gasteiger partial charge is 0.333 e. The van der Waals surface area contributed by atoms with E-state index in [9.17, 15) is 23.4 Å². The van der Waals surface area contributed by atoms with Gasteiger partial charge >= 0.3 is 5.97 Å². The van der Waals surface area contributed by atoms with Crippen LogP contribution in [-0.2, 0) is 14.9 Å². The number of carbonyl (C=O) groups excluding carboxylic acids is 1. The highest BCUT2D eigenvalue weighted by atomic mass is 32.2. The zero-order valence-corrected chi connectivity index (χ0v) is 12.3. The molecule has 1 aliphatic carbocycles. The van der Waals surface area contributed by atoms with Crippen LogP contribution in [0.3, 0.4) is 0 Å². The minimum absolute atomic E-state index is 0.0194. The van der Waals surface area contributed by atoms with E-state index in [-0.39, 0.29) is 11.2 Å². The van der Waals surface area contributed by atoms with Gasteiger partial charge in [-0.3, -0.25) is 4.55 Å². The Morgan fingerprint density at radius 2 is 2.05 bits per heavy atom. The van der Waals surface area contributed by atoms with Crippen LogP contribution in [0, 0.1) is 0 Å². The monoisotopic (exact) mass is 329 g/mol. The van der Waals surface area contributed by atoms with E-state index in [4.69, 9.17) is 9.39 Å². The Morgan fingerprint density at radius 3 is 2.59 bits per heavy atom. The fraction of sp³-hybridized carbons (Fsp3) is 0.308. The van der Waals surface area contributed by atoms with Gasteiger partial charge < -0.3 is 15.1 Å².